The van der Waals surface area contributed by atoms with Crippen LogP contribution in [0.5, 0.6) is 0 Å². The van der Waals surface area contributed by atoms with Crippen molar-refractivity contribution in [3.05, 3.63) is 60.1 Å². The van der Waals surface area contributed by atoms with E-state index in [9.17, 15) is 9.59 Å². The Labute approximate surface area is 141 Å². The van der Waals surface area contributed by atoms with E-state index < -0.39 is 6.04 Å². The minimum Gasteiger partial charge on any atom is -0.468 e. The summed E-state index contributed by atoms with van der Waals surface area (Å²) in [7, 11) is 0. The lowest BCUT2D eigenvalue weighted by Gasteiger charge is -2.27. The minimum absolute atomic E-state index is 0.226. The van der Waals surface area contributed by atoms with Gasteiger partial charge < -0.3 is 4.42 Å². The van der Waals surface area contributed by atoms with Gasteiger partial charge in [0.05, 0.1) is 18.8 Å². The Balaban J connectivity index is 2.05. The van der Waals surface area contributed by atoms with E-state index in [0.717, 1.165) is 11.3 Å². The molecule has 2 rings (SSSR count). The quantitative estimate of drug-likeness (QED) is 0.764. The molecule has 1 atom stereocenters. The highest BCUT2D eigenvalue weighted by Crippen LogP contribution is 2.14. The summed E-state index contributed by atoms with van der Waals surface area (Å²) in [5.41, 5.74) is 5.97. The zero-order chi connectivity index (χ0) is 17.4. The molecule has 0 saturated heterocycles. The van der Waals surface area contributed by atoms with Crippen LogP contribution < -0.4 is 10.9 Å². The Hall–Kier alpha value is -2.60. The van der Waals surface area contributed by atoms with E-state index in [4.69, 9.17) is 4.42 Å². The van der Waals surface area contributed by atoms with Gasteiger partial charge in [0.25, 0.3) is 5.91 Å². The van der Waals surface area contributed by atoms with Crippen LogP contribution in [0.25, 0.3) is 0 Å². The smallest absolute Gasteiger partial charge is 0.255 e. The van der Waals surface area contributed by atoms with Crippen molar-refractivity contribution >= 4 is 11.8 Å². The fourth-order valence-corrected chi connectivity index (χ4v) is 2.24. The van der Waals surface area contributed by atoms with E-state index in [1.807, 2.05) is 47.4 Å². The number of rotatable bonds is 7. The van der Waals surface area contributed by atoms with Gasteiger partial charge in [0.1, 0.15) is 5.76 Å². The molecule has 6 nitrogen and oxygen atoms in total. The molecule has 2 N–H and O–H groups in total. The van der Waals surface area contributed by atoms with E-state index >= 15 is 0 Å². The average molecular weight is 329 g/mol. The average Bonchev–Trinajstić information content (AvgIpc) is 3.12. The summed E-state index contributed by atoms with van der Waals surface area (Å²) >= 11 is 0. The molecule has 1 aromatic heterocycles. The Morgan fingerprint density at radius 2 is 1.83 bits per heavy atom. The van der Waals surface area contributed by atoms with E-state index in [0.29, 0.717) is 19.5 Å². The topological polar surface area (TPSA) is 74.6 Å². The predicted octanol–water partition coefficient (Wildman–Crippen LogP) is 2.23. The van der Waals surface area contributed by atoms with Crippen LogP contribution in [0, 0.1) is 0 Å². The number of nitrogens with one attached hydrogen (secondary N) is 2. The molecule has 24 heavy (non-hydrogen) atoms. The van der Waals surface area contributed by atoms with Crippen molar-refractivity contribution in [1.82, 2.24) is 15.8 Å². The van der Waals surface area contributed by atoms with Crippen LogP contribution in [-0.2, 0) is 22.7 Å². The molecule has 0 aliphatic carbocycles. The second-order valence-electron chi connectivity index (χ2n) is 5.54. The number of carbonyl (C=O) groups is 2. The Kier molecular flexibility index (Phi) is 6.57. The maximum Gasteiger partial charge on any atom is 0.255 e. The first-order valence-corrected chi connectivity index (χ1v) is 7.99. The van der Waals surface area contributed by atoms with Gasteiger partial charge in [-0.1, -0.05) is 37.3 Å². The summed E-state index contributed by atoms with van der Waals surface area (Å²) in [6.45, 7) is 4.62. The fraction of sp³-hybridized carbons (Fsp3) is 0.333. The molecular weight excluding hydrogens is 306 g/mol. The van der Waals surface area contributed by atoms with Crippen LogP contribution in [0.3, 0.4) is 0 Å². The van der Waals surface area contributed by atoms with Gasteiger partial charge in [-0.25, -0.2) is 0 Å². The molecular formula is C18H23N3O3. The van der Waals surface area contributed by atoms with Gasteiger partial charge in [0, 0.05) is 13.0 Å². The normalized spacial score (nSPS) is 12.0. The molecule has 1 aromatic carbocycles. The summed E-state index contributed by atoms with van der Waals surface area (Å²) < 4.78 is 5.40. The number of amides is 2. The second kappa shape index (κ2) is 8.88. The maximum atomic E-state index is 12.3. The molecule has 1 heterocycles. The van der Waals surface area contributed by atoms with Gasteiger partial charge in [0.15, 0.2) is 0 Å². The zero-order valence-corrected chi connectivity index (χ0v) is 14.0. The summed E-state index contributed by atoms with van der Waals surface area (Å²) in [5.74, 6) is 0.290. The zero-order valence-electron chi connectivity index (χ0n) is 14.0. The second-order valence-corrected chi connectivity index (χ2v) is 5.54. The lowest BCUT2D eigenvalue weighted by Crippen LogP contribution is -2.50. The van der Waals surface area contributed by atoms with Crippen LogP contribution in [0.4, 0.5) is 0 Å². The summed E-state index contributed by atoms with van der Waals surface area (Å²) in [6.07, 6.45) is 1.93. The Morgan fingerprint density at radius 1 is 1.08 bits per heavy atom. The molecule has 0 aliphatic heterocycles. The highest BCUT2D eigenvalue weighted by molar-refractivity contribution is 5.84. The van der Waals surface area contributed by atoms with Crippen LogP contribution >= 0.6 is 0 Å². The first kappa shape index (κ1) is 17.7. The third-order valence-corrected chi connectivity index (χ3v) is 3.74. The predicted molar refractivity (Wildman–Crippen MR) is 90.4 cm³/mol. The van der Waals surface area contributed by atoms with E-state index in [1.165, 1.54) is 0 Å². The minimum atomic E-state index is -0.438. The number of benzene rings is 1. The number of hydrogen-bond donors (Lipinski definition) is 2. The summed E-state index contributed by atoms with van der Waals surface area (Å²) in [4.78, 5) is 25.6. The van der Waals surface area contributed by atoms with E-state index in [1.54, 1.807) is 20.1 Å². The Morgan fingerprint density at radius 3 is 2.46 bits per heavy atom. The molecule has 2 amide bonds. The molecule has 128 valence electrons. The van der Waals surface area contributed by atoms with Crippen molar-refractivity contribution in [3.8, 4) is 0 Å². The van der Waals surface area contributed by atoms with Crippen molar-refractivity contribution in [1.29, 1.82) is 0 Å². The van der Waals surface area contributed by atoms with E-state index in [-0.39, 0.29) is 11.8 Å². The van der Waals surface area contributed by atoms with Crippen LogP contribution in [-0.4, -0.2) is 22.8 Å². The van der Waals surface area contributed by atoms with Crippen molar-refractivity contribution in [2.75, 3.05) is 0 Å². The maximum absolute atomic E-state index is 12.3. The van der Waals surface area contributed by atoms with Crippen LogP contribution in [0.15, 0.2) is 53.1 Å². The molecule has 2 aromatic rings. The molecule has 0 saturated carbocycles. The summed E-state index contributed by atoms with van der Waals surface area (Å²) in [5, 5.41) is 0. The number of hydrazine groups is 1. The van der Waals surface area contributed by atoms with Crippen molar-refractivity contribution in [3.63, 3.8) is 0 Å². The van der Waals surface area contributed by atoms with Gasteiger partial charge in [0.2, 0.25) is 5.91 Å². The highest BCUT2D eigenvalue weighted by atomic mass is 16.3. The lowest BCUT2D eigenvalue weighted by molar-refractivity contribution is -0.132. The monoisotopic (exact) mass is 329 g/mol. The molecule has 6 heteroatoms. The first-order valence-electron chi connectivity index (χ1n) is 7.99. The van der Waals surface area contributed by atoms with Gasteiger partial charge in [-0.3, -0.25) is 25.3 Å². The highest BCUT2D eigenvalue weighted by Gasteiger charge is 2.23. The number of hydrogen-bond acceptors (Lipinski definition) is 4. The number of furan rings is 1. The third-order valence-electron chi connectivity index (χ3n) is 3.74. The lowest BCUT2D eigenvalue weighted by atomic mass is 10.1. The summed E-state index contributed by atoms with van der Waals surface area (Å²) in [6, 6.07) is 13.2. The molecule has 0 spiro atoms. The van der Waals surface area contributed by atoms with Gasteiger partial charge in [-0.2, -0.15) is 0 Å². The third kappa shape index (κ3) is 5.24. The van der Waals surface area contributed by atoms with E-state index in [2.05, 4.69) is 10.9 Å². The molecule has 1 unspecified atom stereocenters. The largest absolute Gasteiger partial charge is 0.468 e. The standard InChI is InChI=1S/C18H23N3O3/c1-3-17(22)19-20-18(23)14(2)21(13-16-10-7-11-24-16)12-15-8-5-4-6-9-15/h4-11,14H,3,12-13H2,1-2H3,(H,19,22)(H,20,23). The first-order chi connectivity index (χ1) is 11.6. The number of nitrogens with zero attached hydrogens (tertiary/aromatic N) is 1. The van der Waals surface area contributed by atoms with Gasteiger partial charge in [-0.15, -0.1) is 0 Å². The van der Waals surface area contributed by atoms with Crippen molar-refractivity contribution in [2.24, 2.45) is 0 Å². The molecule has 0 radical (unpaired) electrons. The fourth-order valence-electron chi connectivity index (χ4n) is 2.24. The van der Waals surface area contributed by atoms with Crippen LogP contribution in [0.2, 0.25) is 0 Å². The SMILES string of the molecule is CCC(=O)NNC(=O)C(C)N(Cc1ccccc1)Cc1ccco1. The van der Waals surface area contributed by atoms with Gasteiger partial charge in [-0.05, 0) is 24.6 Å². The molecule has 0 fully saturated rings. The Bertz CT molecular complexity index is 641. The van der Waals surface area contributed by atoms with Gasteiger partial charge >= 0.3 is 0 Å². The molecule has 0 bridgehead atoms. The van der Waals surface area contributed by atoms with Crippen LogP contribution in [0.1, 0.15) is 31.6 Å². The number of carbonyl (C=O) groups excluding carboxylic acids is 2. The molecule has 0 aliphatic rings. The van der Waals surface area contributed by atoms with Crippen molar-refractivity contribution in [2.45, 2.75) is 39.4 Å². The van der Waals surface area contributed by atoms with Crippen molar-refractivity contribution < 1.29 is 14.0 Å².